The van der Waals surface area contributed by atoms with Crippen LogP contribution in [0.5, 0.6) is 0 Å². The fourth-order valence-corrected chi connectivity index (χ4v) is 3.68. The Labute approximate surface area is 123 Å². The van der Waals surface area contributed by atoms with Crippen molar-refractivity contribution in [2.24, 2.45) is 11.8 Å². The number of carbonyl (C=O) groups excluding carboxylic acids is 1. The molecule has 110 valence electrons. The summed E-state index contributed by atoms with van der Waals surface area (Å²) in [5.74, 6) is 1.85. The molecule has 1 saturated carbocycles. The number of likely N-dealkylation sites (tertiary alicyclic amines) is 1. The molecule has 3 rings (SSSR count). The van der Waals surface area contributed by atoms with Crippen LogP contribution < -0.4 is 5.32 Å². The molecule has 1 aromatic heterocycles. The Morgan fingerprint density at radius 2 is 1.95 bits per heavy atom. The monoisotopic (exact) mass is 294 g/mol. The lowest BCUT2D eigenvalue weighted by atomic mass is 9.92. The van der Waals surface area contributed by atoms with E-state index in [9.17, 15) is 4.79 Å². The number of nitrogens with zero attached hydrogens (tertiary/aromatic N) is 3. The second kappa shape index (κ2) is 6.08. The van der Waals surface area contributed by atoms with Crippen molar-refractivity contribution in [1.82, 2.24) is 20.4 Å². The minimum atomic E-state index is 0.0838. The van der Waals surface area contributed by atoms with Crippen LogP contribution in [0, 0.1) is 18.8 Å². The van der Waals surface area contributed by atoms with Gasteiger partial charge >= 0.3 is 6.03 Å². The molecule has 1 N–H and O–H groups in total. The minimum absolute atomic E-state index is 0.0838. The van der Waals surface area contributed by atoms with Gasteiger partial charge in [0.2, 0.25) is 0 Å². The number of hydrogen-bond acceptors (Lipinski definition) is 4. The third-order valence-electron chi connectivity index (χ3n) is 4.30. The molecular weight excluding hydrogens is 272 g/mol. The second-order valence-corrected chi connectivity index (χ2v) is 7.12. The molecule has 2 heterocycles. The topological polar surface area (TPSA) is 58.1 Å². The summed E-state index contributed by atoms with van der Waals surface area (Å²) in [4.78, 5) is 14.0. The van der Waals surface area contributed by atoms with Crippen LogP contribution in [-0.2, 0) is 6.42 Å². The first-order valence-electron chi connectivity index (χ1n) is 7.54. The van der Waals surface area contributed by atoms with Crippen molar-refractivity contribution >= 4 is 17.4 Å². The van der Waals surface area contributed by atoms with Crippen LogP contribution >= 0.6 is 11.3 Å². The zero-order valence-corrected chi connectivity index (χ0v) is 12.8. The molecule has 20 heavy (non-hydrogen) atoms. The average molecular weight is 294 g/mol. The molecule has 5 nitrogen and oxygen atoms in total. The Morgan fingerprint density at radius 3 is 2.55 bits per heavy atom. The quantitative estimate of drug-likeness (QED) is 0.926. The molecule has 0 radical (unpaired) electrons. The molecule has 0 spiro atoms. The van der Waals surface area contributed by atoms with Crippen molar-refractivity contribution in [1.29, 1.82) is 0 Å². The zero-order valence-electron chi connectivity index (χ0n) is 12.0. The van der Waals surface area contributed by atoms with Crippen LogP contribution in [-0.4, -0.2) is 40.8 Å². The average Bonchev–Trinajstić information content (AvgIpc) is 3.23. The van der Waals surface area contributed by atoms with Gasteiger partial charge in [-0.1, -0.05) is 0 Å². The third-order valence-corrected chi connectivity index (χ3v) is 5.20. The summed E-state index contributed by atoms with van der Waals surface area (Å²) >= 11 is 1.60. The van der Waals surface area contributed by atoms with E-state index in [1.54, 1.807) is 11.3 Å². The zero-order chi connectivity index (χ0) is 13.9. The normalized spacial score (nSPS) is 20.1. The van der Waals surface area contributed by atoms with Gasteiger partial charge in [0.15, 0.2) is 0 Å². The van der Waals surface area contributed by atoms with E-state index >= 15 is 0 Å². The van der Waals surface area contributed by atoms with Crippen LogP contribution in [0.1, 0.15) is 35.7 Å². The van der Waals surface area contributed by atoms with Crippen LogP contribution in [0.25, 0.3) is 0 Å². The Bertz CT molecular complexity index is 463. The molecule has 0 atom stereocenters. The number of rotatable bonds is 4. The largest absolute Gasteiger partial charge is 0.338 e. The van der Waals surface area contributed by atoms with E-state index in [0.29, 0.717) is 6.54 Å². The summed E-state index contributed by atoms with van der Waals surface area (Å²) in [6, 6.07) is 0.0838. The molecule has 2 fully saturated rings. The summed E-state index contributed by atoms with van der Waals surface area (Å²) in [5, 5.41) is 13.0. The summed E-state index contributed by atoms with van der Waals surface area (Å²) in [7, 11) is 0. The molecule has 1 aliphatic carbocycles. The number of aryl methyl sites for hydroxylation is 1. The summed E-state index contributed by atoms with van der Waals surface area (Å²) in [6.45, 7) is 4.44. The summed E-state index contributed by atoms with van der Waals surface area (Å²) < 4.78 is 0. The highest BCUT2D eigenvalue weighted by molar-refractivity contribution is 7.11. The molecule has 0 aromatic carbocycles. The number of aromatic nitrogens is 2. The Kier molecular flexibility index (Phi) is 4.19. The van der Waals surface area contributed by atoms with Crippen LogP contribution in [0.15, 0.2) is 0 Å². The molecule has 1 aliphatic heterocycles. The van der Waals surface area contributed by atoms with Gasteiger partial charge in [-0.3, -0.25) is 0 Å². The van der Waals surface area contributed by atoms with Gasteiger partial charge < -0.3 is 10.2 Å². The van der Waals surface area contributed by atoms with Gasteiger partial charge in [0.25, 0.3) is 0 Å². The van der Waals surface area contributed by atoms with Crippen molar-refractivity contribution in [2.75, 3.05) is 19.6 Å². The smallest absolute Gasteiger partial charge is 0.317 e. The first kappa shape index (κ1) is 13.8. The van der Waals surface area contributed by atoms with E-state index in [1.807, 2.05) is 11.8 Å². The molecule has 6 heteroatoms. The number of carbonyl (C=O) groups is 1. The highest BCUT2D eigenvalue weighted by Gasteiger charge is 2.34. The maximum absolute atomic E-state index is 12.1. The number of amides is 2. The summed E-state index contributed by atoms with van der Waals surface area (Å²) in [6.07, 6.45) is 5.98. The molecule has 0 bridgehead atoms. The van der Waals surface area contributed by atoms with Gasteiger partial charge in [0.1, 0.15) is 10.0 Å². The lowest BCUT2D eigenvalue weighted by molar-refractivity contribution is 0.165. The Hall–Kier alpha value is -1.17. The van der Waals surface area contributed by atoms with Crippen molar-refractivity contribution in [2.45, 2.75) is 39.0 Å². The molecule has 1 saturated heterocycles. The maximum Gasteiger partial charge on any atom is 0.317 e. The predicted octanol–water partition coefficient (Wildman–Crippen LogP) is 2.22. The number of piperidine rings is 1. The minimum Gasteiger partial charge on any atom is -0.338 e. The van der Waals surface area contributed by atoms with E-state index in [1.165, 1.54) is 25.7 Å². The maximum atomic E-state index is 12.1. The van der Waals surface area contributed by atoms with E-state index in [0.717, 1.165) is 41.4 Å². The van der Waals surface area contributed by atoms with Crippen LogP contribution in [0.2, 0.25) is 0 Å². The standard InChI is InChI=1S/C14H22N4OS/c1-10-16-17-13(20-10)4-7-15-14(19)18-8-5-12(6-9-18)11-2-3-11/h11-12H,2-9H2,1H3,(H,15,19). The first-order valence-corrected chi connectivity index (χ1v) is 8.36. The highest BCUT2D eigenvalue weighted by Crippen LogP contribution is 2.41. The predicted molar refractivity (Wildman–Crippen MR) is 78.8 cm³/mol. The van der Waals surface area contributed by atoms with Gasteiger partial charge in [-0.25, -0.2) is 4.79 Å². The van der Waals surface area contributed by atoms with Crippen molar-refractivity contribution < 1.29 is 4.79 Å². The molecule has 0 unspecified atom stereocenters. The van der Waals surface area contributed by atoms with Crippen molar-refractivity contribution in [3.63, 3.8) is 0 Å². The number of urea groups is 1. The van der Waals surface area contributed by atoms with Gasteiger partial charge in [-0.05, 0) is 44.4 Å². The van der Waals surface area contributed by atoms with Crippen molar-refractivity contribution in [3.05, 3.63) is 10.0 Å². The van der Waals surface area contributed by atoms with Crippen molar-refractivity contribution in [3.8, 4) is 0 Å². The van der Waals surface area contributed by atoms with Crippen LogP contribution in [0.3, 0.4) is 0 Å². The van der Waals surface area contributed by atoms with Gasteiger partial charge in [0, 0.05) is 26.1 Å². The van der Waals surface area contributed by atoms with E-state index in [2.05, 4.69) is 15.5 Å². The summed E-state index contributed by atoms with van der Waals surface area (Å²) in [5.41, 5.74) is 0. The van der Waals surface area contributed by atoms with E-state index in [4.69, 9.17) is 0 Å². The Morgan fingerprint density at radius 1 is 1.25 bits per heavy atom. The lowest BCUT2D eigenvalue weighted by Crippen LogP contribution is -2.45. The van der Waals surface area contributed by atoms with E-state index < -0.39 is 0 Å². The lowest BCUT2D eigenvalue weighted by Gasteiger charge is -2.32. The number of hydrogen-bond donors (Lipinski definition) is 1. The molecular formula is C14H22N4OS. The number of nitrogens with one attached hydrogen (secondary N) is 1. The van der Waals surface area contributed by atoms with Crippen LogP contribution in [0.4, 0.5) is 4.79 Å². The third kappa shape index (κ3) is 3.48. The fourth-order valence-electron chi connectivity index (χ4n) is 2.97. The highest BCUT2D eigenvalue weighted by atomic mass is 32.1. The van der Waals surface area contributed by atoms with Gasteiger partial charge in [-0.2, -0.15) is 0 Å². The first-order chi connectivity index (χ1) is 9.72. The van der Waals surface area contributed by atoms with Gasteiger partial charge in [-0.15, -0.1) is 21.5 Å². The second-order valence-electron chi connectivity index (χ2n) is 5.86. The van der Waals surface area contributed by atoms with E-state index in [-0.39, 0.29) is 6.03 Å². The Balaban J connectivity index is 1.36. The fraction of sp³-hybridized carbons (Fsp3) is 0.786. The molecule has 2 amide bonds. The molecule has 1 aromatic rings. The van der Waals surface area contributed by atoms with Gasteiger partial charge in [0.05, 0.1) is 0 Å². The SMILES string of the molecule is Cc1nnc(CCNC(=O)N2CCC(C3CC3)CC2)s1. The molecule has 2 aliphatic rings.